The van der Waals surface area contributed by atoms with E-state index in [-0.39, 0.29) is 28.7 Å². The first-order valence-electron chi connectivity index (χ1n) is 10.7. The first kappa shape index (κ1) is 19.2. The van der Waals surface area contributed by atoms with Crippen LogP contribution in [0, 0.1) is 28.6 Å². The van der Waals surface area contributed by atoms with E-state index in [0.29, 0.717) is 24.2 Å². The smallest absolute Gasteiger partial charge is 0.303 e. The van der Waals surface area contributed by atoms with Crippen LogP contribution in [0.1, 0.15) is 79.1 Å². The summed E-state index contributed by atoms with van der Waals surface area (Å²) >= 11 is 0. The van der Waals surface area contributed by atoms with Crippen LogP contribution in [0.3, 0.4) is 0 Å². The lowest BCUT2D eigenvalue weighted by molar-refractivity contribution is -0.186. The van der Waals surface area contributed by atoms with Crippen LogP contribution in [-0.4, -0.2) is 28.6 Å². The highest BCUT2D eigenvalue weighted by molar-refractivity contribution is 5.89. The number of esters is 1. The van der Waals surface area contributed by atoms with Gasteiger partial charge in [0.1, 0.15) is 0 Å². The molecule has 0 unspecified atom stereocenters. The third-order valence-electron chi connectivity index (χ3n) is 9.08. The second kappa shape index (κ2) is 6.17. The first-order valence-corrected chi connectivity index (χ1v) is 10.7. The highest BCUT2D eigenvalue weighted by Crippen LogP contribution is 2.68. The van der Waals surface area contributed by atoms with E-state index >= 15 is 0 Å². The molecule has 4 heteroatoms. The summed E-state index contributed by atoms with van der Waals surface area (Å²) in [4.78, 5) is 24.6. The van der Waals surface area contributed by atoms with Crippen molar-refractivity contribution in [2.24, 2.45) is 28.6 Å². The SMILES string of the molecule is CC(=O)O[C@@]1(C(C)=O)CC[C@@H]2[C@H]3CC=C4C[C@H](O)CC[C@@]4(C)[C@@H]3CC[C@]21C. The van der Waals surface area contributed by atoms with Gasteiger partial charge in [-0.1, -0.05) is 25.5 Å². The van der Waals surface area contributed by atoms with E-state index < -0.39 is 5.60 Å². The number of fused-ring (bicyclic) bond motifs is 5. The number of carbonyl (C=O) groups excluding carboxylic acids is 2. The van der Waals surface area contributed by atoms with Crippen molar-refractivity contribution in [3.8, 4) is 0 Å². The molecule has 0 aromatic rings. The molecule has 27 heavy (non-hydrogen) atoms. The lowest BCUT2D eigenvalue weighted by Gasteiger charge is -2.59. The number of allylic oxidation sites excluding steroid dienone is 1. The summed E-state index contributed by atoms with van der Waals surface area (Å²) in [5, 5.41) is 10.1. The number of ketones is 1. The lowest BCUT2D eigenvalue weighted by Crippen LogP contribution is -2.58. The average molecular weight is 375 g/mol. The minimum atomic E-state index is -0.942. The van der Waals surface area contributed by atoms with Crippen molar-refractivity contribution in [3.63, 3.8) is 0 Å². The maximum absolute atomic E-state index is 12.7. The monoisotopic (exact) mass is 374 g/mol. The van der Waals surface area contributed by atoms with Gasteiger partial charge in [-0.05, 0) is 81.5 Å². The number of ether oxygens (including phenoxy) is 1. The summed E-state index contributed by atoms with van der Waals surface area (Å²) in [7, 11) is 0. The molecule has 4 rings (SSSR count). The maximum atomic E-state index is 12.7. The molecule has 0 aliphatic heterocycles. The zero-order valence-corrected chi connectivity index (χ0v) is 17.2. The molecule has 0 amide bonds. The van der Waals surface area contributed by atoms with Crippen molar-refractivity contribution in [2.45, 2.75) is 90.8 Å². The third kappa shape index (κ3) is 2.51. The summed E-state index contributed by atoms with van der Waals surface area (Å²) < 4.78 is 5.82. The Morgan fingerprint density at radius 2 is 1.78 bits per heavy atom. The maximum Gasteiger partial charge on any atom is 0.303 e. The number of hydrogen-bond donors (Lipinski definition) is 1. The molecular weight excluding hydrogens is 340 g/mol. The van der Waals surface area contributed by atoms with Crippen molar-refractivity contribution in [2.75, 3.05) is 0 Å². The van der Waals surface area contributed by atoms with Gasteiger partial charge in [0.15, 0.2) is 11.4 Å². The van der Waals surface area contributed by atoms with Crippen LogP contribution in [0.2, 0.25) is 0 Å². The molecule has 0 saturated heterocycles. The van der Waals surface area contributed by atoms with Gasteiger partial charge < -0.3 is 9.84 Å². The average Bonchev–Trinajstić information content (AvgIpc) is 2.89. The third-order valence-corrected chi connectivity index (χ3v) is 9.08. The molecule has 0 radical (unpaired) electrons. The van der Waals surface area contributed by atoms with Gasteiger partial charge >= 0.3 is 5.97 Å². The Bertz CT molecular complexity index is 696. The van der Waals surface area contributed by atoms with Gasteiger partial charge in [0.25, 0.3) is 0 Å². The van der Waals surface area contributed by atoms with Gasteiger partial charge in [0, 0.05) is 12.3 Å². The van der Waals surface area contributed by atoms with Crippen molar-refractivity contribution in [1.82, 2.24) is 0 Å². The zero-order valence-electron chi connectivity index (χ0n) is 17.2. The normalized spacial score (nSPS) is 48.7. The van der Waals surface area contributed by atoms with Gasteiger partial charge in [-0.15, -0.1) is 0 Å². The quantitative estimate of drug-likeness (QED) is 0.581. The molecule has 4 aliphatic rings. The summed E-state index contributed by atoms with van der Waals surface area (Å²) in [5.41, 5.74) is 0.442. The summed E-state index contributed by atoms with van der Waals surface area (Å²) in [6, 6.07) is 0. The van der Waals surface area contributed by atoms with E-state index in [4.69, 9.17) is 4.74 Å². The molecule has 0 bridgehead atoms. The number of hydrogen-bond acceptors (Lipinski definition) is 4. The van der Waals surface area contributed by atoms with Crippen LogP contribution < -0.4 is 0 Å². The molecular formula is C23H34O4. The minimum absolute atomic E-state index is 0.0141. The van der Waals surface area contributed by atoms with Gasteiger partial charge in [-0.3, -0.25) is 9.59 Å². The second-order valence-electron chi connectivity index (χ2n) is 10.1. The van der Waals surface area contributed by atoms with Crippen LogP contribution in [-0.2, 0) is 14.3 Å². The van der Waals surface area contributed by atoms with E-state index in [1.807, 2.05) is 0 Å². The predicted molar refractivity (Wildman–Crippen MR) is 103 cm³/mol. The highest BCUT2D eigenvalue weighted by atomic mass is 16.6. The van der Waals surface area contributed by atoms with Gasteiger partial charge in [-0.25, -0.2) is 0 Å². The molecule has 0 aromatic carbocycles. The van der Waals surface area contributed by atoms with Gasteiger partial charge in [-0.2, -0.15) is 0 Å². The number of aliphatic hydroxyl groups is 1. The lowest BCUT2D eigenvalue weighted by atomic mass is 9.46. The number of Topliss-reactive ketones (excluding diaryl/α,β-unsaturated/α-hetero) is 1. The largest absolute Gasteiger partial charge is 0.451 e. The van der Waals surface area contributed by atoms with Crippen LogP contribution in [0.15, 0.2) is 11.6 Å². The van der Waals surface area contributed by atoms with Crippen LogP contribution in [0.25, 0.3) is 0 Å². The molecule has 0 aromatic heterocycles. The fourth-order valence-electron chi connectivity index (χ4n) is 7.70. The Morgan fingerprint density at radius 3 is 2.44 bits per heavy atom. The Kier molecular flexibility index (Phi) is 4.38. The van der Waals surface area contributed by atoms with Crippen molar-refractivity contribution in [3.05, 3.63) is 11.6 Å². The van der Waals surface area contributed by atoms with Crippen LogP contribution in [0.4, 0.5) is 0 Å². The van der Waals surface area contributed by atoms with Crippen molar-refractivity contribution >= 4 is 11.8 Å². The Labute approximate surface area is 162 Å². The first-order chi connectivity index (χ1) is 12.6. The molecule has 0 heterocycles. The topological polar surface area (TPSA) is 63.6 Å². The summed E-state index contributed by atoms with van der Waals surface area (Å²) in [5.74, 6) is 1.25. The van der Waals surface area contributed by atoms with Crippen LogP contribution in [0.5, 0.6) is 0 Å². The van der Waals surface area contributed by atoms with E-state index in [1.165, 1.54) is 12.5 Å². The predicted octanol–water partition coefficient (Wildman–Crippen LogP) is 4.20. The number of rotatable bonds is 2. The molecule has 1 N–H and O–H groups in total. The van der Waals surface area contributed by atoms with Crippen molar-refractivity contribution in [1.29, 1.82) is 0 Å². The Morgan fingerprint density at radius 1 is 1.07 bits per heavy atom. The van der Waals surface area contributed by atoms with Crippen molar-refractivity contribution < 1.29 is 19.4 Å². The minimum Gasteiger partial charge on any atom is -0.451 e. The van der Waals surface area contributed by atoms with E-state index in [1.54, 1.807) is 6.92 Å². The standard InChI is InChI=1S/C23H34O4/c1-14(24)23(27-15(2)25)12-9-20-18-6-5-16-13-17(26)7-10-21(16,3)19(18)8-11-22(20,23)4/h5,17-20,26H,6-13H2,1-4H3/t17-,18+,19-,20-,21-,22-,23-/m1/s1. The molecule has 3 fully saturated rings. The van der Waals surface area contributed by atoms with Crippen LogP contribution >= 0.6 is 0 Å². The Balaban J connectivity index is 1.70. The number of carbonyl (C=O) groups is 2. The molecule has 4 nitrogen and oxygen atoms in total. The number of aliphatic hydroxyl groups excluding tert-OH is 1. The fourth-order valence-corrected chi connectivity index (χ4v) is 7.70. The van der Waals surface area contributed by atoms with E-state index in [0.717, 1.165) is 44.9 Å². The molecule has 150 valence electrons. The molecule has 4 aliphatic carbocycles. The molecule has 3 saturated carbocycles. The molecule has 0 spiro atoms. The highest BCUT2D eigenvalue weighted by Gasteiger charge is 2.67. The zero-order chi connectivity index (χ0) is 19.6. The molecule has 7 atom stereocenters. The van der Waals surface area contributed by atoms with E-state index in [9.17, 15) is 14.7 Å². The second-order valence-corrected chi connectivity index (χ2v) is 10.1. The van der Waals surface area contributed by atoms with Gasteiger partial charge in [0.05, 0.1) is 6.10 Å². The summed E-state index contributed by atoms with van der Waals surface area (Å²) in [6.45, 7) is 7.64. The van der Waals surface area contributed by atoms with E-state index in [2.05, 4.69) is 19.9 Å². The fraction of sp³-hybridized carbons (Fsp3) is 0.826. The Hall–Kier alpha value is -1.16. The summed E-state index contributed by atoms with van der Waals surface area (Å²) in [6.07, 6.45) is 9.68. The van der Waals surface area contributed by atoms with Gasteiger partial charge in [0.2, 0.25) is 0 Å².